The molecular formula is C15H13ClF3N3O4. The van der Waals surface area contributed by atoms with Gasteiger partial charge in [0.25, 0.3) is 5.91 Å². The molecule has 2 rings (SSSR count). The molecule has 1 aromatic rings. The number of anilines is 1. The third kappa shape index (κ3) is 4.94. The summed E-state index contributed by atoms with van der Waals surface area (Å²) in [7, 11) is 0. The third-order valence-corrected chi connectivity index (χ3v) is 3.67. The molecular weight excluding hydrogens is 379 g/mol. The molecule has 0 saturated heterocycles. The molecule has 1 aliphatic heterocycles. The molecule has 140 valence electrons. The molecule has 0 bridgehead atoms. The highest BCUT2D eigenvalue weighted by Gasteiger charge is 2.31. The Morgan fingerprint density at radius 3 is 2.62 bits per heavy atom. The zero-order valence-corrected chi connectivity index (χ0v) is 14.1. The largest absolute Gasteiger partial charge is 0.448 e. The topological polar surface area (TPSA) is 96.9 Å². The number of hydrazone groups is 1. The fourth-order valence-corrected chi connectivity index (χ4v) is 2.10. The average Bonchev–Trinajstić information content (AvgIpc) is 2.56. The van der Waals surface area contributed by atoms with Gasteiger partial charge in [0, 0.05) is 12.8 Å². The molecule has 26 heavy (non-hydrogen) atoms. The highest BCUT2D eigenvalue weighted by atomic mass is 35.5. The van der Waals surface area contributed by atoms with E-state index in [0.717, 1.165) is 12.1 Å². The van der Waals surface area contributed by atoms with E-state index in [9.17, 15) is 27.6 Å². The molecule has 1 unspecified atom stereocenters. The lowest BCUT2D eigenvalue weighted by Crippen LogP contribution is -2.35. The van der Waals surface area contributed by atoms with Crippen LogP contribution in [0.25, 0.3) is 0 Å². The second-order valence-corrected chi connectivity index (χ2v) is 5.73. The summed E-state index contributed by atoms with van der Waals surface area (Å²) in [6.07, 6.45) is -5.83. The summed E-state index contributed by atoms with van der Waals surface area (Å²) in [6, 6.07) is 2.45. The van der Waals surface area contributed by atoms with Crippen LogP contribution in [-0.2, 0) is 25.3 Å². The predicted molar refractivity (Wildman–Crippen MR) is 85.4 cm³/mol. The van der Waals surface area contributed by atoms with Gasteiger partial charge >= 0.3 is 12.1 Å². The van der Waals surface area contributed by atoms with Gasteiger partial charge in [0.05, 0.1) is 16.3 Å². The maximum atomic E-state index is 12.7. The van der Waals surface area contributed by atoms with E-state index in [-0.39, 0.29) is 35.2 Å². The van der Waals surface area contributed by atoms with Crippen LogP contribution in [0, 0.1) is 0 Å². The Bertz CT molecular complexity index is 780. The molecule has 0 spiro atoms. The molecule has 0 aliphatic carbocycles. The van der Waals surface area contributed by atoms with Gasteiger partial charge in [-0.2, -0.15) is 18.3 Å². The van der Waals surface area contributed by atoms with Crippen molar-refractivity contribution in [1.29, 1.82) is 0 Å². The Morgan fingerprint density at radius 2 is 2.04 bits per heavy atom. The van der Waals surface area contributed by atoms with Gasteiger partial charge in [0.15, 0.2) is 6.10 Å². The number of hydrogen-bond acceptors (Lipinski definition) is 5. The van der Waals surface area contributed by atoms with Gasteiger partial charge in [-0.3, -0.25) is 9.59 Å². The summed E-state index contributed by atoms with van der Waals surface area (Å²) in [5, 5.41) is 5.60. The number of hydrogen-bond donors (Lipinski definition) is 2. The number of alkyl halides is 3. The summed E-state index contributed by atoms with van der Waals surface area (Å²) in [5.74, 6) is -2.14. The number of ether oxygens (including phenoxy) is 1. The van der Waals surface area contributed by atoms with Crippen molar-refractivity contribution in [2.45, 2.75) is 32.0 Å². The van der Waals surface area contributed by atoms with Gasteiger partial charge in [-0.05, 0) is 25.1 Å². The number of carbonyl (C=O) groups excluding carboxylic acids is 3. The van der Waals surface area contributed by atoms with Crippen LogP contribution >= 0.6 is 11.6 Å². The molecule has 1 aromatic carbocycles. The van der Waals surface area contributed by atoms with Crippen LogP contribution < -0.4 is 10.7 Å². The standard InChI is InChI=1S/C15H13ClF3N3O4/c1-7(26-14(25)10-4-5-12(23)22-21-10)13(24)20-11-6-8(15(17,18)19)2-3-9(11)16/h2-3,6-7H,4-5H2,1H3,(H,20,24)(H,22,23). The number of nitrogens with one attached hydrogen (secondary N) is 2. The van der Waals surface area contributed by atoms with E-state index in [4.69, 9.17) is 16.3 Å². The van der Waals surface area contributed by atoms with Crippen LogP contribution in [0.5, 0.6) is 0 Å². The summed E-state index contributed by atoms with van der Waals surface area (Å²) in [6.45, 7) is 1.23. The highest BCUT2D eigenvalue weighted by Crippen LogP contribution is 2.33. The van der Waals surface area contributed by atoms with Gasteiger partial charge in [-0.1, -0.05) is 11.6 Å². The molecule has 1 heterocycles. The fraction of sp³-hybridized carbons (Fsp3) is 0.333. The van der Waals surface area contributed by atoms with Gasteiger partial charge in [-0.15, -0.1) is 0 Å². The maximum absolute atomic E-state index is 12.7. The molecule has 1 aliphatic rings. The summed E-state index contributed by atoms with van der Waals surface area (Å²) in [5.41, 5.74) is 0.780. The van der Waals surface area contributed by atoms with Crippen molar-refractivity contribution in [2.75, 3.05) is 5.32 Å². The Morgan fingerprint density at radius 1 is 1.35 bits per heavy atom. The molecule has 0 radical (unpaired) electrons. The number of benzene rings is 1. The zero-order chi connectivity index (χ0) is 19.5. The molecule has 1 atom stereocenters. The van der Waals surface area contributed by atoms with Crippen molar-refractivity contribution in [2.24, 2.45) is 5.10 Å². The number of esters is 1. The minimum atomic E-state index is -4.61. The van der Waals surface area contributed by atoms with Crippen molar-refractivity contribution in [3.63, 3.8) is 0 Å². The van der Waals surface area contributed by atoms with Crippen LogP contribution in [-0.4, -0.2) is 29.6 Å². The van der Waals surface area contributed by atoms with Crippen molar-refractivity contribution in [3.8, 4) is 0 Å². The first-order valence-corrected chi connectivity index (χ1v) is 7.69. The minimum Gasteiger partial charge on any atom is -0.448 e. The van der Waals surface area contributed by atoms with Crippen LogP contribution in [0.3, 0.4) is 0 Å². The minimum absolute atomic E-state index is 0.0500. The molecule has 0 fully saturated rings. The number of nitrogens with zero attached hydrogens (tertiary/aromatic N) is 1. The lowest BCUT2D eigenvalue weighted by Gasteiger charge is -2.17. The number of amides is 2. The van der Waals surface area contributed by atoms with Crippen molar-refractivity contribution in [3.05, 3.63) is 28.8 Å². The van der Waals surface area contributed by atoms with Crippen molar-refractivity contribution in [1.82, 2.24) is 5.43 Å². The summed E-state index contributed by atoms with van der Waals surface area (Å²) < 4.78 is 43.1. The first-order valence-electron chi connectivity index (χ1n) is 7.32. The maximum Gasteiger partial charge on any atom is 0.416 e. The molecule has 2 amide bonds. The van der Waals surface area contributed by atoms with E-state index in [1.54, 1.807) is 0 Å². The molecule has 11 heteroatoms. The third-order valence-electron chi connectivity index (χ3n) is 3.34. The molecule has 7 nitrogen and oxygen atoms in total. The molecule has 2 N–H and O–H groups in total. The van der Waals surface area contributed by atoms with E-state index in [1.165, 1.54) is 6.92 Å². The van der Waals surface area contributed by atoms with Crippen molar-refractivity contribution >= 4 is 40.8 Å². The zero-order valence-electron chi connectivity index (χ0n) is 13.3. The normalized spacial score (nSPS) is 15.6. The smallest absolute Gasteiger partial charge is 0.416 e. The monoisotopic (exact) mass is 391 g/mol. The van der Waals surface area contributed by atoms with Crippen LogP contribution in [0.4, 0.5) is 18.9 Å². The van der Waals surface area contributed by atoms with Crippen LogP contribution in [0.1, 0.15) is 25.3 Å². The number of halogens is 4. The van der Waals surface area contributed by atoms with Crippen LogP contribution in [0.2, 0.25) is 5.02 Å². The van der Waals surface area contributed by atoms with E-state index in [2.05, 4.69) is 15.8 Å². The van der Waals surface area contributed by atoms with E-state index < -0.39 is 29.7 Å². The summed E-state index contributed by atoms with van der Waals surface area (Å²) >= 11 is 5.79. The van der Waals surface area contributed by atoms with Gasteiger partial charge in [0.2, 0.25) is 5.91 Å². The van der Waals surface area contributed by atoms with Gasteiger partial charge in [0.1, 0.15) is 5.71 Å². The lowest BCUT2D eigenvalue weighted by atomic mass is 10.2. The second kappa shape index (κ2) is 7.73. The number of rotatable bonds is 4. The molecule has 0 saturated carbocycles. The van der Waals surface area contributed by atoms with E-state index in [0.29, 0.717) is 6.07 Å². The Kier molecular flexibility index (Phi) is 5.86. The summed E-state index contributed by atoms with van der Waals surface area (Å²) in [4.78, 5) is 34.9. The van der Waals surface area contributed by atoms with E-state index in [1.807, 2.05) is 0 Å². The quantitative estimate of drug-likeness (QED) is 0.771. The van der Waals surface area contributed by atoms with Crippen LogP contribution in [0.15, 0.2) is 23.3 Å². The first kappa shape index (κ1) is 19.7. The SMILES string of the molecule is CC(OC(=O)C1=NNC(=O)CC1)C(=O)Nc1cc(C(F)(F)F)ccc1Cl. The fourth-order valence-electron chi connectivity index (χ4n) is 1.94. The average molecular weight is 392 g/mol. The number of carbonyl (C=O) groups is 3. The van der Waals surface area contributed by atoms with Gasteiger partial charge < -0.3 is 10.1 Å². The Hall–Kier alpha value is -2.62. The van der Waals surface area contributed by atoms with E-state index >= 15 is 0 Å². The van der Waals surface area contributed by atoms with Crippen molar-refractivity contribution < 1.29 is 32.3 Å². The highest BCUT2D eigenvalue weighted by molar-refractivity contribution is 6.37. The Labute approximate surface area is 150 Å². The molecule has 0 aromatic heterocycles. The second-order valence-electron chi connectivity index (χ2n) is 5.32. The first-order chi connectivity index (χ1) is 12.1. The van der Waals surface area contributed by atoms with Gasteiger partial charge in [-0.25, -0.2) is 10.2 Å². The Balaban J connectivity index is 2.03. The predicted octanol–water partition coefficient (Wildman–Crippen LogP) is 2.50. The lowest BCUT2D eigenvalue weighted by molar-refractivity contribution is -0.146.